The zero-order chi connectivity index (χ0) is 15.6. The largest absolute Gasteiger partial charge is 0.399 e. The van der Waals surface area contributed by atoms with Crippen molar-refractivity contribution in [3.05, 3.63) is 23.3 Å². The highest BCUT2D eigenvalue weighted by Gasteiger charge is 2.29. The number of aryl methyl sites for hydroxylation is 1. The number of aliphatic hydroxyl groups is 1. The molecule has 5 nitrogen and oxygen atoms in total. The van der Waals surface area contributed by atoms with Crippen molar-refractivity contribution >= 4 is 15.7 Å². The first-order valence-electron chi connectivity index (χ1n) is 6.67. The molecule has 0 aliphatic heterocycles. The minimum Gasteiger partial charge on any atom is -0.399 e. The molecular formula is C14H24N2O3S. The van der Waals surface area contributed by atoms with Gasteiger partial charge in [0, 0.05) is 17.8 Å². The molecule has 0 spiro atoms. The molecule has 0 aromatic heterocycles. The van der Waals surface area contributed by atoms with Crippen molar-refractivity contribution in [3.8, 4) is 0 Å². The maximum absolute atomic E-state index is 12.6. The van der Waals surface area contributed by atoms with E-state index < -0.39 is 15.6 Å². The third-order valence-corrected chi connectivity index (χ3v) is 5.52. The highest BCUT2D eigenvalue weighted by molar-refractivity contribution is 7.89. The van der Waals surface area contributed by atoms with E-state index >= 15 is 0 Å². The summed E-state index contributed by atoms with van der Waals surface area (Å²) in [5.41, 5.74) is 7.03. The van der Waals surface area contributed by atoms with Gasteiger partial charge in [0.2, 0.25) is 10.0 Å². The quantitative estimate of drug-likeness (QED) is 0.697. The van der Waals surface area contributed by atoms with Crippen LogP contribution in [-0.2, 0) is 10.0 Å². The summed E-state index contributed by atoms with van der Waals surface area (Å²) in [7, 11) is -3.67. The van der Waals surface area contributed by atoms with Crippen molar-refractivity contribution in [3.63, 3.8) is 0 Å². The predicted octanol–water partition coefficient (Wildman–Crippen LogP) is 1.72. The molecule has 0 fully saturated rings. The number of benzene rings is 1. The third kappa shape index (κ3) is 3.71. The van der Waals surface area contributed by atoms with E-state index in [0.29, 0.717) is 24.1 Å². The molecule has 0 heterocycles. The number of anilines is 1. The van der Waals surface area contributed by atoms with Crippen LogP contribution in [0, 0.1) is 13.8 Å². The summed E-state index contributed by atoms with van der Waals surface area (Å²) in [6.45, 7) is 7.20. The van der Waals surface area contributed by atoms with Gasteiger partial charge in [0.05, 0.1) is 4.90 Å². The zero-order valence-corrected chi connectivity index (χ0v) is 13.3. The topological polar surface area (TPSA) is 92.4 Å². The van der Waals surface area contributed by atoms with E-state index in [2.05, 4.69) is 4.72 Å². The van der Waals surface area contributed by atoms with Crippen LogP contribution in [0.4, 0.5) is 5.69 Å². The molecule has 1 rings (SSSR count). The Morgan fingerprint density at radius 3 is 2.45 bits per heavy atom. The van der Waals surface area contributed by atoms with Crippen LogP contribution in [0.25, 0.3) is 0 Å². The molecule has 0 saturated carbocycles. The fraction of sp³-hybridized carbons (Fsp3) is 0.571. The van der Waals surface area contributed by atoms with Gasteiger partial charge in [-0.2, -0.15) is 0 Å². The van der Waals surface area contributed by atoms with E-state index in [-0.39, 0.29) is 11.5 Å². The lowest BCUT2D eigenvalue weighted by atomic mass is 9.97. The molecule has 0 bridgehead atoms. The van der Waals surface area contributed by atoms with Crippen molar-refractivity contribution in [2.75, 3.05) is 12.3 Å². The average molecular weight is 300 g/mol. The molecule has 4 N–H and O–H groups in total. The Balaban J connectivity index is 3.24. The van der Waals surface area contributed by atoms with Crippen LogP contribution in [0.15, 0.2) is 17.0 Å². The Morgan fingerprint density at radius 2 is 1.95 bits per heavy atom. The van der Waals surface area contributed by atoms with Gasteiger partial charge in [-0.25, -0.2) is 13.1 Å². The van der Waals surface area contributed by atoms with E-state index in [1.54, 1.807) is 19.9 Å². The smallest absolute Gasteiger partial charge is 0.241 e. The molecule has 0 aliphatic carbocycles. The Hall–Kier alpha value is -1.11. The second kappa shape index (κ2) is 6.11. The molecule has 1 aromatic rings. The molecule has 1 unspecified atom stereocenters. The first-order valence-corrected chi connectivity index (χ1v) is 8.15. The fourth-order valence-electron chi connectivity index (χ4n) is 2.06. The lowest BCUT2D eigenvalue weighted by molar-refractivity contribution is 0.233. The van der Waals surface area contributed by atoms with Crippen molar-refractivity contribution < 1.29 is 13.5 Å². The average Bonchev–Trinajstić information content (AvgIpc) is 2.33. The van der Waals surface area contributed by atoms with Crippen molar-refractivity contribution in [2.45, 2.75) is 51.0 Å². The normalized spacial score (nSPS) is 15.1. The second-order valence-corrected chi connectivity index (χ2v) is 7.11. The third-order valence-electron chi connectivity index (χ3n) is 3.76. The summed E-state index contributed by atoms with van der Waals surface area (Å²) in [5, 5.41) is 9.09. The van der Waals surface area contributed by atoms with Crippen LogP contribution in [0.1, 0.15) is 37.8 Å². The van der Waals surface area contributed by atoms with E-state index in [9.17, 15) is 8.42 Å². The van der Waals surface area contributed by atoms with Gasteiger partial charge in [0.25, 0.3) is 0 Å². The van der Waals surface area contributed by atoms with Crippen molar-refractivity contribution in [2.24, 2.45) is 0 Å². The van der Waals surface area contributed by atoms with E-state index in [0.717, 1.165) is 5.56 Å². The minimum absolute atomic E-state index is 0.0677. The Bertz CT molecular complexity index is 584. The summed E-state index contributed by atoms with van der Waals surface area (Å²) < 4.78 is 27.8. The van der Waals surface area contributed by atoms with Gasteiger partial charge in [-0.1, -0.05) is 6.92 Å². The van der Waals surface area contributed by atoms with Gasteiger partial charge in [-0.3, -0.25) is 0 Å². The van der Waals surface area contributed by atoms with Crippen LogP contribution < -0.4 is 10.5 Å². The summed E-state index contributed by atoms with van der Waals surface area (Å²) in [5.74, 6) is 0. The number of nitrogen functional groups attached to an aromatic ring is 1. The van der Waals surface area contributed by atoms with Gasteiger partial charge in [-0.15, -0.1) is 0 Å². The summed E-state index contributed by atoms with van der Waals surface area (Å²) in [4.78, 5) is 0.201. The van der Waals surface area contributed by atoms with E-state index in [1.807, 2.05) is 13.8 Å². The predicted molar refractivity (Wildman–Crippen MR) is 81.0 cm³/mol. The molecule has 20 heavy (non-hydrogen) atoms. The summed E-state index contributed by atoms with van der Waals surface area (Å²) >= 11 is 0. The van der Waals surface area contributed by atoms with Crippen LogP contribution in [0.5, 0.6) is 0 Å². The number of sulfonamides is 1. The maximum Gasteiger partial charge on any atom is 0.241 e. The molecule has 0 saturated heterocycles. The van der Waals surface area contributed by atoms with Gasteiger partial charge in [0.1, 0.15) is 0 Å². The molecular weight excluding hydrogens is 276 g/mol. The van der Waals surface area contributed by atoms with Gasteiger partial charge in [0.15, 0.2) is 0 Å². The number of hydrogen-bond acceptors (Lipinski definition) is 4. The first-order chi connectivity index (χ1) is 9.15. The molecule has 0 radical (unpaired) electrons. The van der Waals surface area contributed by atoms with Crippen molar-refractivity contribution in [1.29, 1.82) is 0 Å². The number of nitrogens with two attached hydrogens (primary N) is 1. The molecule has 0 aliphatic rings. The van der Waals surface area contributed by atoms with Crippen LogP contribution in [-0.4, -0.2) is 25.7 Å². The molecule has 114 valence electrons. The SMILES string of the molecule is CCC(C)(CCO)NS(=O)(=O)c1cc(N)cc(C)c1C. The number of hydrogen-bond donors (Lipinski definition) is 3. The standard InChI is InChI=1S/C14H24N2O3S/c1-5-14(4,6-7-17)16-20(18,19)13-9-12(15)8-10(2)11(13)3/h8-9,16-17H,5-7,15H2,1-4H3. The van der Waals surface area contributed by atoms with Gasteiger partial charge < -0.3 is 10.8 Å². The van der Waals surface area contributed by atoms with Gasteiger partial charge >= 0.3 is 0 Å². The first kappa shape index (κ1) is 16.9. The Kier molecular flexibility index (Phi) is 5.18. The van der Waals surface area contributed by atoms with Crippen LogP contribution in [0.2, 0.25) is 0 Å². The molecule has 0 amide bonds. The minimum atomic E-state index is -3.67. The van der Waals surface area contributed by atoms with E-state index in [4.69, 9.17) is 10.8 Å². The lowest BCUT2D eigenvalue weighted by Crippen LogP contribution is -2.46. The Labute approximate surface area is 121 Å². The van der Waals surface area contributed by atoms with Crippen molar-refractivity contribution in [1.82, 2.24) is 4.72 Å². The van der Waals surface area contributed by atoms with Gasteiger partial charge in [-0.05, 0) is 56.9 Å². The highest BCUT2D eigenvalue weighted by Crippen LogP contribution is 2.25. The lowest BCUT2D eigenvalue weighted by Gasteiger charge is -2.29. The summed E-state index contributed by atoms with van der Waals surface area (Å²) in [6.07, 6.45) is 0.955. The molecule has 1 atom stereocenters. The zero-order valence-electron chi connectivity index (χ0n) is 12.5. The molecule has 6 heteroatoms. The Morgan fingerprint density at radius 1 is 1.35 bits per heavy atom. The second-order valence-electron chi connectivity index (χ2n) is 5.45. The number of nitrogens with one attached hydrogen (secondary N) is 1. The summed E-state index contributed by atoms with van der Waals surface area (Å²) in [6, 6.07) is 3.22. The molecule has 1 aromatic carbocycles. The number of rotatable bonds is 6. The number of aliphatic hydroxyl groups excluding tert-OH is 1. The van der Waals surface area contributed by atoms with E-state index in [1.165, 1.54) is 6.07 Å². The van der Waals surface area contributed by atoms with Crippen LogP contribution >= 0.6 is 0 Å². The van der Waals surface area contributed by atoms with Crippen LogP contribution in [0.3, 0.4) is 0 Å². The monoisotopic (exact) mass is 300 g/mol. The highest BCUT2D eigenvalue weighted by atomic mass is 32.2. The fourth-order valence-corrected chi connectivity index (χ4v) is 3.92. The maximum atomic E-state index is 12.6.